The molecule has 5 nitrogen and oxygen atoms in total. The lowest BCUT2D eigenvalue weighted by molar-refractivity contribution is -0.123. The first-order valence-corrected chi connectivity index (χ1v) is 10.9. The molecule has 0 bridgehead atoms. The number of halogens is 3. The minimum Gasteiger partial charge on any atom is -0.487 e. The monoisotopic (exact) mass is 543 g/mol. The van der Waals surface area contributed by atoms with Gasteiger partial charge in [0.1, 0.15) is 18.2 Å². The van der Waals surface area contributed by atoms with Crippen LogP contribution in [-0.2, 0) is 16.1 Å². The number of ether oxygens (including phenoxy) is 2. The molecule has 0 saturated carbocycles. The highest BCUT2D eigenvalue weighted by Crippen LogP contribution is 2.38. The average Bonchev–Trinajstić information content (AvgIpc) is 2.94. The van der Waals surface area contributed by atoms with Gasteiger partial charge in [-0.05, 0) is 85.1 Å². The topological polar surface area (TPSA) is 55.8 Å². The molecule has 0 spiro atoms. The molecule has 0 aliphatic carbocycles. The van der Waals surface area contributed by atoms with Crippen molar-refractivity contribution in [3.8, 4) is 5.75 Å². The molecule has 0 unspecified atom stereocenters. The summed E-state index contributed by atoms with van der Waals surface area (Å²) in [6.07, 6.45) is 1.66. The Morgan fingerprint density at radius 1 is 1.14 bits per heavy atom. The third-order valence-electron chi connectivity index (χ3n) is 4.01. The molecule has 1 fully saturated rings. The van der Waals surface area contributed by atoms with Crippen molar-refractivity contribution in [1.82, 2.24) is 4.90 Å². The molecule has 0 N–H and O–H groups in total. The number of imide groups is 1. The second-order valence-corrected chi connectivity index (χ2v) is 8.76. The van der Waals surface area contributed by atoms with Crippen LogP contribution in [-0.4, -0.2) is 36.3 Å². The van der Waals surface area contributed by atoms with Crippen molar-refractivity contribution in [3.63, 3.8) is 0 Å². The molecule has 2 aromatic carbocycles. The van der Waals surface area contributed by atoms with Gasteiger partial charge in [0.25, 0.3) is 11.1 Å². The van der Waals surface area contributed by atoms with Crippen molar-refractivity contribution in [1.29, 1.82) is 0 Å². The number of rotatable bonds is 7. The number of nitrogens with zero attached hydrogens (tertiary/aromatic N) is 1. The Morgan fingerprint density at radius 2 is 1.79 bits per heavy atom. The van der Waals surface area contributed by atoms with E-state index in [0.29, 0.717) is 26.2 Å². The first-order chi connectivity index (χ1) is 13.9. The summed E-state index contributed by atoms with van der Waals surface area (Å²) in [5.41, 5.74) is 1.56. The molecule has 2 aromatic rings. The summed E-state index contributed by atoms with van der Waals surface area (Å²) >= 11 is 7.85. The maximum absolute atomic E-state index is 13.0. The predicted octanol–water partition coefficient (Wildman–Crippen LogP) is 5.61. The number of thioether (sulfide) groups is 1. The van der Waals surface area contributed by atoms with Crippen molar-refractivity contribution in [2.75, 3.05) is 20.3 Å². The molecule has 0 atom stereocenters. The second-order valence-electron chi connectivity index (χ2n) is 6.05. The summed E-state index contributed by atoms with van der Waals surface area (Å²) in [6.45, 7) is 0.791. The summed E-state index contributed by atoms with van der Waals surface area (Å²) < 4.78 is 25.1. The molecular formula is C20H16Br2FNO4S. The third kappa shape index (κ3) is 5.48. The van der Waals surface area contributed by atoms with E-state index in [1.54, 1.807) is 30.3 Å². The normalized spacial score (nSPS) is 15.4. The number of hydrogen-bond acceptors (Lipinski definition) is 5. The Hall–Kier alpha value is -1.68. The lowest BCUT2D eigenvalue weighted by Gasteiger charge is -2.12. The number of carbonyl (C=O) groups is 2. The zero-order valence-corrected chi connectivity index (χ0v) is 19.3. The highest BCUT2D eigenvalue weighted by Gasteiger charge is 2.34. The van der Waals surface area contributed by atoms with E-state index in [9.17, 15) is 14.0 Å². The molecule has 1 saturated heterocycles. The smallest absolute Gasteiger partial charge is 0.293 e. The number of methoxy groups -OCH3 is 1. The Balaban J connectivity index is 1.75. The van der Waals surface area contributed by atoms with E-state index < -0.39 is 0 Å². The number of amides is 2. The van der Waals surface area contributed by atoms with Gasteiger partial charge >= 0.3 is 0 Å². The average molecular weight is 545 g/mol. The molecule has 9 heteroatoms. The quantitative estimate of drug-likeness (QED) is 0.424. The van der Waals surface area contributed by atoms with Crippen LogP contribution in [0.3, 0.4) is 0 Å². The zero-order valence-electron chi connectivity index (χ0n) is 15.3. The van der Waals surface area contributed by atoms with E-state index >= 15 is 0 Å². The fraction of sp³-hybridized carbons (Fsp3) is 0.200. The highest BCUT2D eigenvalue weighted by atomic mass is 79.9. The van der Waals surface area contributed by atoms with Crippen molar-refractivity contribution in [3.05, 3.63) is 67.2 Å². The van der Waals surface area contributed by atoms with Crippen LogP contribution in [0, 0.1) is 5.82 Å². The first kappa shape index (κ1) is 22.0. The van der Waals surface area contributed by atoms with Crippen LogP contribution in [0.2, 0.25) is 0 Å². The molecule has 1 aliphatic heterocycles. The minimum atomic E-state index is -0.332. The van der Waals surface area contributed by atoms with Gasteiger partial charge in [0, 0.05) is 7.11 Å². The molecule has 0 radical (unpaired) electrons. The van der Waals surface area contributed by atoms with Gasteiger partial charge in [0.05, 0.1) is 27.0 Å². The van der Waals surface area contributed by atoms with Crippen molar-refractivity contribution in [2.24, 2.45) is 0 Å². The highest BCUT2D eigenvalue weighted by molar-refractivity contribution is 9.11. The summed E-state index contributed by atoms with van der Waals surface area (Å²) in [7, 11) is 1.52. The van der Waals surface area contributed by atoms with Gasteiger partial charge in [-0.1, -0.05) is 12.1 Å². The van der Waals surface area contributed by atoms with Crippen molar-refractivity contribution >= 4 is 60.8 Å². The summed E-state index contributed by atoms with van der Waals surface area (Å²) in [5, 5.41) is -0.310. The molecule has 29 heavy (non-hydrogen) atoms. The summed E-state index contributed by atoms with van der Waals surface area (Å²) in [5.74, 6) is -0.0484. The van der Waals surface area contributed by atoms with Crippen LogP contribution in [0.1, 0.15) is 11.1 Å². The van der Waals surface area contributed by atoms with E-state index in [0.717, 1.165) is 22.9 Å². The van der Waals surface area contributed by atoms with Crippen LogP contribution < -0.4 is 4.74 Å². The fourth-order valence-electron chi connectivity index (χ4n) is 2.56. The van der Waals surface area contributed by atoms with Gasteiger partial charge in [-0.2, -0.15) is 0 Å². The molecule has 2 amide bonds. The molecule has 0 aromatic heterocycles. The second kappa shape index (κ2) is 9.88. The first-order valence-electron chi connectivity index (χ1n) is 8.49. The lowest BCUT2D eigenvalue weighted by atomic mass is 10.2. The van der Waals surface area contributed by atoms with Gasteiger partial charge in [-0.25, -0.2) is 4.39 Å². The van der Waals surface area contributed by atoms with Gasteiger partial charge in [0.2, 0.25) is 0 Å². The van der Waals surface area contributed by atoms with Gasteiger partial charge in [0.15, 0.2) is 0 Å². The Kier molecular flexibility index (Phi) is 7.50. The van der Waals surface area contributed by atoms with Crippen LogP contribution in [0.25, 0.3) is 6.08 Å². The molecule has 3 rings (SSSR count). The summed E-state index contributed by atoms with van der Waals surface area (Å²) in [4.78, 5) is 26.0. The van der Waals surface area contributed by atoms with E-state index in [2.05, 4.69) is 31.9 Å². The maximum atomic E-state index is 13.0. The maximum Gasteiger partial charge on any atom is 0.293 e. The number of carbonyl (C=O) groups excluding carboxylic acids is 2. The number of benzene rings is 2. The fourth-order valence-corrected chi connectivity index (χ4v) is 4.88. The zero-order chi connectivity index (χ0) is 21.0. The Bertz CT molecular complexity index is 942. The molecule has 1 heterocycles. The molecule has 152 valence electrons. The molecular weight excluding hydrogens is 529 g/mol. The van der Waals surface area contributed by atoms with Gasteiger partial charge in [-0.3, -0.25) is 14.5 Å². The largest absolute Gasteiger partial charge is 0.487 e. The predicted molar refractivity (Wildman–Crippen MR) is 117 cm³/mol. The van der Waals surface area contributed by atoms with Crippen molar-refractivity contribution < 1.29 is 23.5 Å². The van der Waals surface area contributed by atoms with Crippen molar-refractivity contribution in [2.45, 2.75) is 6.61 Å². The van der Waals surface area contributed by atoms with Gasteiger partial charge < -0.3 is 9.47 Å². The van der Waals surface area contributed by atoms with Crippen LogP contribution >= 0.6 is 43.6 Å². The standard InChI is InChI=1S/C20H16Br2FNO4S/c1-27-7-6-24-19(25)17(29-20(24)26)10-13-8-15(21)18(16(22)9-13)28-11-12-2-4-14(23)5-3-12/h2-5,8-10H,6-7,11H2,1H3/b17-10+. The Labute approximate surface area is 188 Å². The SMILES string of the molecule is COCCN1C(=O)S/C(=C/c2cc(Br)c(OCc3ccc(F)cc3)c(Br)c2)C1=O. The Morgan fingerprint density at radius 3 is 2.41 bits per heavy atom. The van der Waals surface area contributed by atoms with Crippen LogP contribution in [0.15, 0.2) is 50.2 Å². The van der Waals surface area contributed by atoms with Gasteiger partial charge in [-0.15, -0.1) is 0 Å². The summed E-state index contributed by atoms with van der Waals surface area (Å²) in [6, 6.07) is 9.68. The van der Waals surface area contributed by atoms with E-state index in [-0.39, 0.29) is 30.1 Å². The van der Waals surface area contributed by atoms with E-state index in [1.807, 2.05) is 0 Å². The molecule has 1 aliphatic rings. The minimum absolute atomic E-state index is 0.224. The van der Waals surface area contributed by atoms with Crippen LogP contribution in [0.4, 0.5) is 9.18 Å². The van der Waals surface area contributed by atoms with E-state index in [4.69, 9.17) is 9.47 Å². The van der Waals surface area contributed by atoms with E-state index in [1.165, 1.54) is 24.1 Å². The third-order valence-corrected chi connectivity index (χ3v) is 6.09. The van der Waals surface area contributed by atoms with Crippen LogP contribution in [0.5, 0.6) is 5.75 Å². The number of hydrogen-bond donors (Lipinski definition) is 0. The lowest BCUT2D eigenvalue weighted by Crippen LogP contribution is -2.31.